The number of aromatic nitrogens is 2. The summed E-state index contributed by atoms with van der Waals surface area (Å²) in [4.78, 5) is 66.7. The number of rotatable bonds is 18. The number of pyridine rings is 2. The van der Waals surface area contributed by atoms with Crippen molar-refractivity contribution < 1.29 is 69.2 Å². The summed E-state index contributed by atoms with van der Waals surface area (Å²) in [5.41, 5.74) is -1.74. The van der Waals surface area contributed by atoms with E-state index in [1.807, 2.05) is 22.8 Å². The number of nitrogens with zero attached hydrogens (tertiary/aromatic N) is 5. The number of methoxy groups -OCH3 is 1. The summed E-state index contributed by atoms with van der Waals surface area (Å²) in [5.74, 6) is 3.10. The number of aliphatic hydroxyl groups excluding tert-OH is 1. The van der Waals surface area contributed by atoms with Crippen LogP contribution in [0.15, 0.2) is 85.2 Å². The van der Waals surface area contributed by atoms with Crippen LogP contribution in [0.4, 0.5) is 46.1 Å². The molecule has 0 unspecified atom stereocenters. The lowest BCUT2D eigenvalue weighted by molar-refractivity contribution is -0.239. The lowest BCUT2D eigenvalue weighted by Crippen LogP contribution is -2.62. The van der Waals surface area contributed by atoms with Crippen molar-refractivity contribution in [2.75, 3.05) is 51.9 Å². The van der Waals surface area contributed by atoms with Crippen LogP contribution in [0.1, 0.15) is 62.8 Å². The van der Waals surface area contributed by atoms with E-state index in [0.29, 0.717) is 73.8 Å². The summed E-state index contributed by atoms with van der Waals surface area (Å²) in [6.45, 7) is 4.24. The van der Waals surface area contributed by atoms with Crippen molar-refractivity contribution in [3.8, 4) is 23.1 Å². The predicted molar refractivity (Wildman–Crippen MR) is 270 cm³/mol. The number of carbonyl (C=O) groups is 4. The number of hydrogen-bond acceptors (Lipinski definition) is 13. The molecule has 6 atom stereocenters. The summed E-state index contributed by atoms with van der Waals surface area (Å²) in [6, 6.07) is 16.3. The highest BCUT2D eigenvalue weighted by Gasteiger charge is 2.58. The summed E-state index contributed by atoms with van der Waals surface area (Å²) < 4.78 is 118. The van der Waals surface area contributed by atoms with Crippen molar-refractivity contribution in [3.63, 3.8) is 0 Å². The monoisotopic (exact) mass is 1100 g/mol. The summed E-state index contributed by atoms with van der Waals surface area (Å²) in [5, 5.41) is 19.2. The minimum atomic E-state index is -5.15. The summed E-state index contributed by atoms with van der Waals surface area (Å²) in [7, 11) is 1.91. The average Bonchev–Trinajstić information content (AvgIpc) is 3.66. The maximum atomic E-state index is 16.0. The molecule has 17 nitrogen and oxygen atoms in total. The van der Waals surface area contributed by atoms with Crippen LogP contribution in [-0.4, -0.2) is 151 Å². The van der Waals surface area contributed by atoms with Crippen LogP contribution in [0.2, 0.25) is 0 Å². The Balaban J connectivity index is 1.16. The van der Waals surface area contributed by atoms with Crippen molar-refractivity contribution >= 4 is 29.8 Å². The molecule has 0 aliphatic carbocycles. The number of carbonyl (C=O) groups excluding carboxylic acids is 4. The molecule has 5 heterocycles. The van der Waals surface area contributed by atoms with E-state index < -0.39 is 90.4 Å². The molecule has 3 fully saturated rings. The molecule has 0 spiro atoms. The zero-order chi connectivity index (χ0) is 56.7. The first-order valence-electron chi connectivity index (χ1n) is 25.1. The van der Waals surface area contributed by atoms with E-state index in [1.165, 1.54) is 18.3 Å². The van der Waals surface area contributed by atoms with Crippen LogP contribution in [0.3, 0.4) is 0 Å². The standard InChI is InChI=1S/C54H62F7N9O8/c1-51(2,53(56,57)58)45(66-50(75)76-6)47(72)65-42(23-33-13-10-32(11-14-33)12-15-34-16-21-44(64-25-34)68-27-37-19-20-38(28-68)70(37)39-30-77-31-39)43(71)29-69(26-36-18-17-35(24-40(36)55)41-9-7-8-22-63-41)67-48(73)46(78-49(74)62-5)52(3,4)54(59,60)61/h7-11,13-14,16-18,21-22,24-25,37-39,42-43,45-46,71H,19-20,23,26-31H2,1-6H3,(H,62,74)(H,65,72)(H,66,75)(H,67,73)/t37-,38-,42-,43-,45+,46+/m0/s1. The smallest absolute Gasteiger partial charge is 0.407 e. The Labute approximate surface area is 446 Å². The number of nitrogens with one attached hydrogen (secondary N) is 4. The molecule has 4 aromatic rings. The van der Waals surface area contributed by atoms with E-state index >= 15 is 4.39 Å². The van der Waals surface area contributed by atoms with E-state index in [2.05, 4.69) is 42.1 Å². The van der Waals surface area contributed by atoms with Gasteiger partial charge in [0.05, 0.1) is 49.6 Å². The summed E-state index contributed by atoms with van der Waals surface area (Å²) >= 11 is 0. The fourth-order valence-corrected chi connectivity index (χ4v) is 9.48. The molecule has 3 aliphatic rings. The van der Waals surface area contributed by atoms with Crippen molar-refractivity contribution in [3.05, 3.63) is 113 Å². The molecule has 5 N–H and O–H groups in total. The number of anilines is 1. The van der Waals surface area contributed by atoms with Gasteiger partial charge in [0, 0.05) is 80.0 Å². The van der Waals surface area contributed by atoms with Gasteiger partial charge < -0.3 is 40.2 Å². The van der Waals surface area contributed by atoms with Crippen LogP contribution < -0.4 is 26.3 Å². The van der Waals surface area contributed by atoms with Gasteiger partial charge in [0.1, 0.15) is 23.1 Å². The molecule has 7 rings (SSSR count). The Morgan fingerprint density at radius 3 is 2.03 bits per heavy atom. The number of alkyl carbamates (subject to hydrolysis) is 2. The maximum Gasteiger partial charge on any atom is 0.407 e. The highest BCUT2D eigenvalue weighted by Crippen LogP contribution is 2.43. The van der Waals surface area contributed by atoms with Crippen LogP contribution in [0.5, 0.6) is 0 Å². The average molecular weight is 1100 g/mol. The third-order valence-corrected chi connectivity index (χ3v) is 14.5. The van der Waals surface area contributed by atoms with Gasteiger partial charge in [-0.3, -0.25) is 24.9 Å². The van der Waals surface area contributed by atoms with E-state index in [9.17, 15) is 50.6 Å². The zero-order valence-electron chi connectivity index (χ0n) is 43.7. The van der Waals surface area contributed by atoms with Gasteiger partial charge in [0.25, 0.3) is 5.91 Å². The topological polar surface area (TPSA) is 200 Å². The number of ether oxygens (including phenoxy) is 3. The molecular formula is C54H62F7N9O8. The quantitative estimate of drug-likeness (QED) is 0.0424. The van der Waals surface area contributed by atoms with Crippen molar-refractivity contribution in [1.82, 2.24) is 41.3 Å². The number of amides is 4. The van der Waals surface area contributed by atoms with Gasteiger partial charge in [0.15, 0.2) is 6.10 Å². The fourth-order valence-electron chi connectivity index (χ4n) is 9.48. The zero-order valence-corrected chi connectivity index (χ0v) is 43.7. The molecule has 4 amide bonds. The fraction of sp³-hybridized carbons (Fsp3) is 0.481. The minimum Gasteiger partial charge on any atom is -0.453 e. The third kappa shape index (κ3) is 13.8. The molecule has 2 aromatic heterocycles. The van der Waals surface area contributed by atoms with E-state index in [0.717, 1.165) is 70.2 Å². The molecule has 3 saturated heterocycles. The highest BCUT2D eigenvalue weighted by molar-refractivity contribution is 5.87. The van der Waals surface area contributed by atoms with E-state index in [4.69, 9.17) is 14.5 Å². The Morgan fingerprint density at radius 2 is 1.47 bits per heavy atom. The summed E-state index contributed by atoms with van der Waals surface area (Å²) in [6.07, 6.45) is -12.5. The van der Waals surface area contributed by atoms with Crippen molar-refractivity contribution in [2.24, 2.45) is 10.8 Å². The second kappa shape index (κ2) is 24.3. The number of alkyl halides is 6. The number of benzene rings is 2. The second-order valence-electron chi connectivity index (χ2n) is 20.6. The van der Waals surface area contributed by atoms with Gasteiger partial charge in [-0.05, 0) is 95.0 Å². The number of halogens is 7. The first-order valence-corrected chi connectivity index (χ1v) is 25.1. The molecule has 420 valence electrons. The molecule has 3 aliphatic heterocycles. The van der Waals surface area contributed by atoms with Gasteiger partial charge in [0.2, 0.25) is 5.91 Å². The van der Waals surface area contributed by atoms with Crippen molar-refractivity contribution in [1.29, 1.82) is 0 Å². The number of fused-ring (bicyclic) bond motifs is 2. The molecule has 0 radical (unpaired) electrons. The lowest BCUT2D eigenvalue weighted by atomic mass is 9.82. The van der Waals surface area contributed by atoms with Crippen LogP contribution in [-0.2, 0) is 36.8 Å². The lowest BCUT2D eigenvalue weighted by Gasteiger charge is -2.47. The first kappa shape index (κ1) is 58.6. The van der Waals surface area contributed by atoms with Gasteiger partial charge in [-0.25, -0.2) is 24.0 Å². The Morgan fingerprint density at radius 1 is 0.821 bits per heavy atom. The minimum absolute atomic E-state index is 0.181. The SMILES string of the molecule is CNC(=O)O[C@H](C(=O)NN(Cc1ccc(-c2ccccn2)cc1F)C[C@H](O)[C@H](Cc1ccc(C#Cc2ccc(N3C[C@@H]4CC[C@@H](C3)N4C3COC3)nc2)cc1)NC(=O)[C@@H](NC(=O)OC)C(C)(C)C(F)(F)F)C(C)(C)C(F)(F)F. The predicted octanol–water partition coefficient (Wildman–Crippen LogP) is 6.28. The van der Waals surface area contributed by atoms with Gasteiger partial charge in [-0.2, -0.15) is 26.3 Å². The third-order valence-electron chi connectivity index (χ3n) is 14.5. The molecular weight excluding hydrogens is 1040 g/mol. The van der Waals surface area contributed by atoms with E-state index in [-0.39, 0.29) is 12.0 Å². The van der Waals surface area contributed by atoms with Crippen LogP contribution in [0, 0.1) is 28.5 Å². The molecule has 2 aromatic carbocycles. The highest BCUT2D eigenvalue weighted by atomic mass is 19.4. The van der Waals surface area contributed by atoms with Crippen molar-refractivity contribution in [2.45, 2.75) is 108 Å². The Hall–Kier alpha value is -7.07. The van der Waals surface area contributed by atoms with Gasteiger partial charge >= 0.3 is 24.5 Å². The van der Waals surface area contributed by atoms with Gasteiger partial charge in [-0.1, -0.05) is 42.2 Å². The largest absolute Gasteiger partial charge is 0.453 e. The number of hydrogen-bond donors (Lipinski definition) is 5. The molecule has 24 heteroatoms. The second-order valence-corrected chi connectivity index (χ2v) is 20.6. The number of hydrazine groups is 1. The molecule has 0 saturated carbocycles. The maximum absolute atomic E-state index is 16.0. The molecule has 78 heavy (non-hydrogen) atoms. The normalized spacial score (nSPS) is 18.6. The Kier molecular flexibility index (Phi) is 18.3. The molecule has 2 bridgehead atoms. The Bertz CT molecular complexity index is 2800. The first-order chi connectivity index (χ1) is 36.8. The van der Waals surface area contributed by atoms with Crippen LogP contribution in [0.25, 0.3) is 11.3 Å². The number of piperazine rings is 1. The van der Waals surface area contributed by atoms with Gasteiger partial charge in [-0.15, -0.1) is 0 Å². The van der Waals surface area contributed by atoms with E-state index in [1.54, 1.807) is 48.7 Å². The number of aliphatic hydroxyl groups is 1. The van der Waals surface area contributed by atoms with Crippen LogP contribution >= 0.6 is 0 Å².